The number of rotatable bonds is 16. The number of esters is 2. The molecule has 0 aromatic heterocycles. The average Bonchev–Trinajstić information content (AvgIpc) is 2.56. The molecule has 0 saturated carbocycles. The van der Waals surface area contributed by atoms with Crippen molar-refractivity contribution >= 4 is 11.9 Å². The maximum Gasteiger partial charge on any atom is 0.305 e. The lowest BCUT2D eigenvalue weighted by atomic mass is 10.1. The van der Waals surface area contributed by atoms with Crippen LogP contribution in [0, 0.1) is 0 Å². The van der Waals surface area contributed by atoms with Gasteiger partial charge in [-0.15, -0.1) is 0 Å². The van der Waals surface area contributed by atoms with Crippen LogP contribution < -0.4 is 0 Å². The van der Waals surface area contributed by atoms with Crippen LogP contribution in [0.1, 0.15) is 90.9 Å². The highest BCUT2D eigenvalue weighted by molar-refractivity contribution is 5.69. The molecule has 0 radical (unpaired) electrons. The van der Waals surface area contributed by atoms with Crippen LogP contribution >= 0.6 is 0 Å². The Balaban J connectivity index is 3.38. The Morgan fingerprint density at radius 2 is 1.38 bits per heavy atom. The van der Waals surface area contributed by atoms with Gasteiger partial charge in [-0.05, 0) is 6.42 Å². The second-order valence-corrected chi connectivity index (χ2v) is 6.38. The van der Waals surface area contributed by atoms with Gasteiger partial charge in [0.05, 0.1) is 6.61 Å². The summed E-state index contributed by atoms with van der Waals surface area (Å²) >= 11 is 0. The number of ether oxygens (including phenoxy) is 2. The molecular weight excluding hydrogens is 308 g/mol. The molecule has 5 nitrogen and oxygen atoms in total. The Labute approximate surface area is 147 Å². The molecule has 0 fully saturated rings. The van der Waals surface area contributed by atoms with Gasteiger partial charge in [0.25, 0.3) is 0 Å². The van der Waals surface area contributed by atoms with Crippen molar-refractivity contribution in [3.8, 4) is 0 Å². The van der Waals surface area contributed by atoms with E-state index < -0.39 is 12.1 Å². The smallest absolute Gasteiger partial charge is 0.305 e. The molecule has 24 heavy (non-hydrogen) atoms. The van der Waals surface area contributed by atoms with E-state index >= 15 is 0 Å². The van der Waals surface area contributed by atoms with Gasteiger partial charge in [-0.1, -0.05) is 71.1 Å². The van der Waals surface area contributed by atoms with Crippen molar-refractivity contribution in [2.24, 2.45) is 0 Å². The molecular formula is C19H36O5. The molecule has 0 aromatic carbocycles. The summed E-state index contributed by atoms with van der Waals surface area (Å²) < 4.78 is 9.81. The molecule has 0 spiro atoms. The fourth-order valence-corrected chi connectivity index (χ4v) is 2.55. The summed E-state index contributed by atoms with van der Waals surface area (Å²) in [7, 11) is 0. The fraction of sp³-hybridized carbons (Fsp3) is 0.895. The normalized spacial score (nSPS) is 12.0. The zero-order valence-corrected chi connectivity index (χ0v) is 15.6. The van der Waals surface area contributed by atoms with Crippen LogP contribution in [0.15, 0.2) is 0 Å². The van der Waals surface area contributed by atoms with Crippen LogP contribution in [0.4, 0.5) is 0 Å². The van der Waals surface area contributed by atoms with E-state index in [1.54, 1.807) is 0 Å². The summed E-state index contributed by atoms with van der Waals surface area (Å²) in [4.78, 5) is 22.3. The van der Waals surface area contributed by atoms with Gasteiger partial charge in [0.2, 0.25) is 0 Å². The molecule has 0 saturated heterocycles. The van der Waals surface area contributed by atoms with E-state index in [1.807, 2.05) is 0 Å². The summed E-state index contributed by atoms with van der Waals surface area (Å²) in [5.41, 5.74) is 0. The van der Waals surface area contributed by atoms with E-state index in [2.05, 4.69) is 6.92 Å². The third-order valence-corrected chi connectivity index (χ3v) is 3.95. The van der Waals surface area contributed by atoms with Gasteiger partial charge in [-0.3, -0.25) is 9.59 Å². The van der Waals surface area contributed by atoms with Gasteiger partial charge in [0.15, 0.2) is 6.10 Å². The van der Waals surface area contributed by atoms with Crippen molar-refractivity contribution in [1.29, 1.82) is 0 Å². The maximum atomic E-state index is 11.6. The quantitative estimate of drug-likeness (QED) is 0.336. The van der Waals surface area contributed by atoms with Crippen molar-refractivity contribution in [3.05, 3.63) is 0 Å². The standard InChI is InChI=1S/C19H36O5/c1-3-4-5-6-7-8-9-10-11-12-13-14-19(22)23-16-18(15-20)24-17(2)21/h18,20H,3-16H2,1-2H3/t18-/m0/s1. The van der Waals surface area contributed by atoms with Gasteiger partial charge in [-0.25, -0.2) is 0 Å². The van der Waals surface area contributed by atoms with Crippen LogP contribution in [0.5, 0.6) is 0 Å². The highest BCUT2D eigenvalue weighted by Gasteiger charge is 2.13. The number of carbonyl (C=O) groups excluding carboxylic acids is 2. The Morgan fingerprint density at radius 1 is 0.875 bits per heavy atom. The largest absolute Gasteiger partial charge is 0.462 e. The molecule has 0 aromatic rings. The highest BCUT2D eigenvalue weighted by atomic mass is 16.6. The SMILES string of the molecule is CCCCCCCCCCCCCC(=O)OC[C@H](CO)OC(C)=O. The predicted molar refractivity (Wildman–Crippen MR) is 94.7 cm³/mol. The third-order valence-electron chi connectivity index (χ3n) is 3.95. The molecule has 0 rings (SSSR count). The van der Waals surface area contributed by atoms with Crippen LogP contribution in [-0.2, 0) is 19.1 Å². The lowest BCUT2D eigenvalue weighted by Crippen LogP contribution is -2.27. The molecule has 0 aliphatic heterocycles. The van der Waals surface area contributed by atoms with Gasteiger partial charge < -0.3 is 14.6 Å². The second kappa shape index (κ2) is 16.7. The van der Waals surface area contributed by atoms with Gasteiger partial charge in [-0.2, -0.15) is 0 Å². The first kappa shape index (κ1) is 22.9. The third kappa shape index (κ3) is 15.8. The molecule has 1 atom stereocenters. The summed E-state index contributed by atoms with van der Waals surface area (Å²) in [5, 5.41) is 9.00. The van der Waals surface area contributed by atoms with Crippen molar-refractivity contribution in [2.75, 3.05) is 13.2 Å². The van der Waals surface area contributed by atoms with E-state index in [0.29, 0.717) is 6.42 Å². The number of hydrogen-bond acceptors (Lipinski definition) is 5. The number of unbranched alkanes of at least 4 members (excludes halogenated alkanes) is 10. The van der Waals surface area contributed by atoms with Gasteiger partial charge in [0.1, 0.15) is 6.61 Å². The topological polar surface area (TPSA) is 72.8 Å². The zero-order valence-electron chi connectivity index (χ0n) is 15.6. The molecule has 0 unspecified atom stereocenters. The van der Waals surface area contributed by atoms with E-state index in [1.165, 1.54) is 58.3 Å². The first-order valence-electron chi connectivity index (χ1n) is 9.53. The summed E-state index contributed by atoms with van der Waals surface area (Å²) in [5.74, 6) is -0.785. The summed E-state index contributed by atoms with van der Waals surface area (Å²) in [6, 6.07) is 0. The monoisotopic (exact) mass is 344 g/mol. The average molecular weight is 344 g/mol. The van der Waals surface area contributed by atoms with Gasteiger partial charge >= 0.3 is 11.9 Å². The van der Waals surface area contributed by atoms with Crippen LogP contribution in [0.3, 0.4) is 0 Å². The van der Waals surface area contributed by atoms with E-state index in [0.717, 1.165) is 19.3 Å². The first-order chi connectivity index (χ1) is 11.6. The molecule has 0 aliphatic rings. The highest BCUT2D eigenvalue weighted by Crippen LogP contribution is 2.12. The van der Waals surface area contributed by atoms with Crippen LogP contribution in [0.25, 0.3) is 0 Å². The molecule has 0 bridgehead atoms. The van der Waals surface area contributed by atoms with E-state index in [-0.39, 0.29) is 19.2 Å². The zero-order chi connectivity index (χ0) is 18.0. The second-order valence-electron chi connectivity index (χ2n) is 6.38. The summed E-state index contributed by atoms with van der Waals surface area (Å²) in [6.07, 6.45) is 13.2. The van der Waals surface area contributed by atoms with Crippen molar-refractivity contribution in [2.45, 2.75) is 97.0 Å². The van der Waals surface area contributed by atoms with Crippen LogP contribution in [0.2, 0.25) is 0 Å². The van der Waals surface area contributed by atoms with E-state index in [9.17, 15) is 9.59 Å². The lowest BCUT2D eigenvalue weighted by Gasteiger charge is -2.14. The number of aliphatic hydroxyl groups is 1. The fourth-order valence-electron chi connectivity index (χ4n) is 2.55. The molecule has 1 N–H and O–H groups in total. The lowest BCUT2D eigenvalue weighted by molar-refractivity contribution is -0.159. The van der Waals surface area contributed by atoms with Crippen LogP contribution in [-0.4, -0.2) is 36.4 Å². The molecule has 0 amide bonds. The van der Waals surface area contributed by atoms with Crippen molar-refractivity contribution in [3.63, 3.8) is 0 Å². The van der Waals surface area contributed by atoms with E-state index in [4.69, 9.17) is 14.6 Å². The van der Waals surface area contributed by atoms with Crippen molar-refractivity contribution in [1.82, 2.24) is 0 Å². The Kier molecular flexibility index (Phi) is 16.0. The Bertz CT molecular complexity index is 317. The first-order valence-corrected chi connectivity index (χ1v) is 9.53. The minimum Gasteiger partial charge on any atom is -0.462 e. The Hall–Kier alpha value is -1.10. The minimum atomic E-state index is -0.760. The number of carbonyl (C=O) groups is 2. The maximum absolute atomic E-state index is 11.6. The van der Waals surface area contributed by atoms with Gasteiger partial charge in [0, 0.05) is 13.3 Å². The number of hydrogen-bond donors (Lipinski definition) is 1. The minimum absolute atomic E-state index is 0.0764. The van der Waals surface area contributed by atoms with Crippen molar-refractivity contribution < 1.29 is 24.2 Å². The number of aliphatic hydroxyl groups excluding tert-OH is 1. The molecule has 0 aliphatic carbocycles. The molecule has 5 heteroatoms. The predicted octanol–water partition coefficient (Wildman–Crippen LogP) is 4.15. The Morgan fingerprint density at radius 3 is 1.83 bits per heavy atom. The summed E-state index contributed by atoms with van der Waals surface area (Å²) in [6.45, 7) is 3.08. The molecule has 142 valence electrons. The molecule has 0 heterocycles.